The van der Waals surface area contributed by atoms with Crippen molar-refractivity contribution in [1.82, 2.24) is 29.5 Å². The molecule has 0 spiro atoms. The second-order valence-corrected chi connectivity index (χ2v) is 7.36. The summed E-state index contributed by atoms with van der Waals surface area (Å²) in [5, 5.41) is 10.3. The number of anilines is 2. The van der Waals surface area contributed by atoms with Gasteiger partial charge < -0.3 is 5.32 Å². The minimum absolute atomic E-state index is 0.752. The molecule has 0 atom stereocenters. The molecule has 1 aliphatic heterocycles. The predicted octanol–water partition coefficient (Wildman–Crippen LogP) is 1.72. The van der Waals surface area contributed by atoms with Gasteiger partial charge in [0.05, 0.1) is 18.1 Å². The maximum atomic E-state index is 4.67. The van der Waals surface area contributed by atoms with Gasteiger partial charge in [0.2, 0.25) is 0 Å². The van der Waals surface area contributed by atoms with Crippen molar-refractivity contribution in [1.29, 1.82) is 0 Å². The Morgan fingerprint density at radius 3 is 2.68 bits per heavy atom. The number of imidazole rings is 1. The number of nitrogens with zero attached hydrogens (tertiary/aromatic N) is 5. The van der Waals surface area contributed by atoms with Gasteiger partial charge in [-0.05, 0) is 43.6 Å². The van der Waals surface area contributed by atoms with E-state index in [2.05, 4.69) is 59.0 Å². The average Bonchev–Trinajstić information content (AvgIpc) is 3.44. The van der Waals surface area contributed by atoms with E-state index in [9.17, 15) is 0 Å². The molecule has 4 heterocycles. The van der Waals surface area contributed by atoms with Gasteiger partial charge in [-0.3, -0.25) is 14.4 Å². The topological polar surface area (TPSA) is 74.1 Å². The Hall–Kier alpha value is -3.13. The molecule has 28 heavy (non-hydrogen) atoms. The first-order chi connectivity index (χ1) is 13.8. The average molecular weight is 371 g/mol. The normalized spacial score (nSPS) is 14.7. The summed E-state index contributed by atoms with van der Waals surface area (Å²) in [5.41, 5.74) is 6.05. The molecule has 3 aromatic heterocycles. The van der Waals surface area contributed by atoms with Gasteiger partial charge in [-0.15, -0.1) is 0 Å². The van der Waals surface area contributed by atoms with Gasteiger partial charge in [0.25, 0.3) is 0 Å². The third-order valence-corrected chi connectivity index (χ3v) is 5.23. The highest BCUT2D eigenvalue weighted by molar-refractivity contribution is 6.30. The van der Waals surface area contributed by atoms with Crippen LogP contribution in [0.1, 0.15) is 18.4 Å². The third kappa shape index (κ3) is 3.27. The highest BCUT2D eigenvalue weighted by Gasteiger charge is 2.14. The van der Waals surface area contributed by atoms with E-state index < -0.39 is 0 Å². The molecular weight excluding hydrogens is 349 g/mol. The van der Waals surface area contributed by atoms with E-state index in [1.165, 1.54) is 31.5 Å². The number of rotatable bonds is 5. The Morgan fingerprint density at radius 1 is 1.11 bits per heavy atom. The third-order valence-electron chi connectivity index (χ3n) is 5.23. The second-order valence-electron chi connectivity index (χ2n) is 7.36. The van der Waals surface area contributed by atoms with Crippen LogP contribution >= 0.6 is 0 Å². The van der Waals surface area contributed by atoms with Crippen molar-refractivity contribution >= 4 is 30.6 Å². The van der Waals surface area contributed by atoms with Crippen molar-refractivity contribution in [3.05, 3.63) is 54.6 Å². The molecule has 7 nitrogen and oxygen atoms in total. The first-order valence-electron chi connectivity index (χ1n) is 9.68. The number of hydrogen-bond acceptors (Lipinski definition) is 5. The van der Waals surface area contributed by atoms with Gasteiger partial charge in [-0.2, -0.15) is 5.10 Å². The number of nitrogens with one attached hydrogen (secondary N) is 2. The van der Waals surface area contributed by atoms with E-state index in [1.807, 2.05) is 26.4 Å². The van der Waals surface area contributed by atoms with Crippen LogP contribution in [0, 0.1) is 0 Å². The van der Waals surface area contributed by atoms with Crippen LogP contribution in [-0.4, -0.2) is 50.4 Å². The summed E-state index contributed by atoms with van der Waals surface area (Å²) in [4.78, 5) is 11.8. The first-order valence-corrected chi connectivity index (χ1v) is 9.68. The predicted molar refractivity (Wildman–Crippen MR) is 113 cm³/mol. The molecule has 1 aliphatic rings. The van der Waals surface area contributed by atoms with Crippen molar-refractivity contribution in [2.24, 2.45) is 0 Å². The van der Waals surface area contributed by atoms with Gasteiger partial charge in [-0.1, -0.05) is 12.1 Å². The fourth-order valence-electron chi connectivity index (χ4n) is 3.83. The highest BCUT2D eigenvalue weighted by Crippen LogP contribution is 2.24. The van der Waals surface area contributed by atoms with E-state index in [0.29, 0.717) is 0 Å². The quantitative estimate of drug-likeness (QED) is 0.523. The van der Waals surface area contributed by atoms with Crippen molar-refractivity contribution < 1.29 is 0 Å². The number of likely N-dealkylation sites (tertiary alicyclic amines) is 1. The first kappa shape index (κ1) is 17.0. The molecule has 4 aromatic rings. The number of H-pyrrole nitrogens is 1. The molecule has 8 heteroatoms. The minimum atomic E-state index is 0.752. The molecule has 0 radical (unpaired) electrons. The second kappa shape index (κ2) is 7.12. The molecule has 5 rings (SSSR count). The monoisotopic (exact) mass is 371 g/mol. The highest BCUT2D eigenvalue weighted by atomic mass is 15.1. The van der Waals surface area contributed by atoms with E-state index in [-0.39, 0.29) is 0 Å². The van der Waals surface area contributed by atoms with Crippen LogP contribution in [0.25, 0.3) is 16.9 Å². The van der Waals surface area contributed by atoms with E-state index in [4.69, 9.17) is 0 Å². The van der Waals surface area contributed by atoms with Crippen LogP contribution in [0.15, 0.2) is 49.1 Å². The van der Waals surface area contributed by atoms with Crippen LogP contribution in [0.2, 0.25) is 0 Å². The largest absolute Gasteiger partial charge is 0.337 e. The van der Waals surface area contributed by atoms with E-state index >= 15 is 0 Å². The Labute approximate surface area is 164 Å². The summed E-state index contributed by atoms with van der Waals surface area (Å²) >= 11 is 0. The molecule has 2 N–H and O–H groups in total. The zero-order chi connectivity index (χ0) is 18.9. The fourth-order valence-corrected chi connectivity index (χ4v) is 3.83. The van der Waals surface area contributed by atoms with Crippen LogP contribution in [0.3, 0.4) is 0 Å². The number of fused-ring (bicyclic) bond motifs is 1. The number of aromatic amines is 1. The Balaban J connectivity index is 1.42. The van der Waals surface area contributed by atoms with Gasteiger partial charge in [0, 0.05) is 35.8 Å². The summed E-state index contributed by atoms with van der Waals surface area (Å²) in [6, 6.07) is 8.61. The molecule has 140 valence electrons. The molecule has 1 fully saturated rings. The van der Waals surface area contributed by atoms with Crippen LogP contribution < -0.4 is 10.9 Å². The summed E-state index contributed by atoms with van der Waals surface area (Å²) in [5.74, 6) is 0.752. The maximum Gasteiger partial charge on any atom is 0.180 e. The number of benzene rings is 1. The van der Waals surface area contributed by atoms with Crippen molar-refractivity contribution in [2.45, 2.75) is 19.4 Å². The molecule has 1 aromatic carbocycles. The molecule has 0 amide bonds. The lowest BCUT2D eigenvalue weighted by Gasteiger charge is -2.15. The summed E-state index contributed by atoms with van der Waals surface area (Å²) in [7, 11) is 1.99. The number of aromatic nitrogens is 5. The molecule has 0 saturated carbocycles. The maximum absolute atomic E-state index is 4.67. The smallest absolute Gasteiger partial charge is 0.180 e. The molecule has 0 aliphatic carbocycles. The Morgan fingerprint density at radius 2 is 1.93 bits per heavy atom. The van der Waals surface area contributed by atoms with Gasteiger partial charge in [0.15, 0.2) is 19.3 Å². The van der Waals surface area contributed by atoms with Crippen molar-refractivity contribution in [3.8, 4) is 11.3 Å². The summed E-state index contributed by atoms with van der Waals surface area (Å²) < 4.78 is 2.05. The molecule has 0 unspecified atom stereocenters. The van der Waals surface area contributed by atoms with Crippen LogP contribution in [0.4, 0.5) is 11.5 Å². The Kier molecular flexibility index (Phi) is 4.33. The molecule has 1 saturated heterocycles. The van der Waals surface area contributed by atoms with Gasteiger partial charge in [0.1, 0.15) is 0 Å². The summed E-state index contributed by atoms with van der Waals surface area (Å²) in [6.45, 7) is 3.45. The zero-order valence-electron chi connectivity index (χ0n) is 15.9. The zero-order valence-corrected chi connectivity index (χ0v) is 15.9. The fraction of sp³-hybridized carbons (Fsp3) is 0.250. The van der Waals surface area contributed by atoms with E-state index in [0.717, 1.165) is 40.5 Å². The lowest BCUT2D eigenvalue weighted by Crippen LogP contribution is -2.18. The molecular formula is C20H22BN7. The lowest BCUT2D eigenvalue weighted by atomic mass is 10.1. The van der Waals surface area contributed by atoms with Crippen molar-refractivity contribution in [3.63, 3.8) is 0 Å². The minimum Gasteiger partial charge on any atom is -0.337 e. The van der Waals surface area contributed by atoms with E-state index in [1.54, 1.807) is 6.20 Å². The molecule has 0 bridgehead atoms. The Bertz CT molecular complexity index is 1080. The van der Waals surface area contributed by atoms with Crippen LogP contribution in [-0.2, 0) is 6.54 Å². The van der Waals surface area contributed by atoms with Crippen molar-refractivity contribution in [2.75, 3.05) is 18.4 Å². The number of hydrogen-bond donors (Lipinski definition) is 2. The van der Waals surface area contributed by atoms with Crippen LogP contribution in [0.5, 0.6) is 0 Å². The van der Waals surface area contributed by atoms with Gasteiger partial charge >= 0.3 is 0 Å². The van der Waals surface area contributed by atoms with Gasteiger partial charge in [-0.25, -0.2) is 9.97 Å². The summed E-state index contributed by atoms with van der Waals surface area (Å²) in [6.07, 6.45) is 10.1. The lowest BCUT2D eigenvalue weighted by molar-refractivity contribution is 0.331. The standard InChI is InChI=1S/C20H22BN7/c21-18-13-28-17(15-9-23-24-10-15)11-22-20(28)19(26-18)25-16-5-3-14(4-6-16)12-27-7-1-2-8-27/h3-6,9-11,13H,1-2,7-8,12,21H2,(H,23,24)(H,25,26). The SMILES string of the molecule is Bc1cn2c(-c3cn[nH]c3)cnc2c(Nc2ccc(CN3CCCC3)cc2)n1.